The molecular weight excluding hydrogens is 644 g/mol. The van der Waals surface area contributed by atoms with Crippen molar-refractivity contribution in [3.05, 3.63) is 68.6 Å². The topological polar surface area (TPSA) is 305 Å². The van der Waals surface area contributed by atoms with E-state index in [1.54, 1.807) is 0 Å². The number of carboxylic acids is 2. The molecule has 8 N–H and O–H groups in total. The van der Waals surface area contributed by atoms with Crippen molar-refractivity contribution in [3.8, 4) is 34.1 Å². The van der Waals surface area contributed by atoms with Gasteiger partial charge in [-0.1, -0.05) is 5.21 Å². The Hall–Kier alpha value is -6.47. The lowest BCUT2D eigenvalue weighted by atomic mass is 10.0. The highest BCUT2D eigenvalue weighted by Crippen LogP contribution is 2.36. The number of carboxylic acid groups (broad SMARTS) is 2. The van der Waals surface area contributed by atoms with Gasteiger partial charge in [0.25, 0.3) is 0 Å². The maximum absolute atomic E-state index is 13.6. The van der Waals surface area contributed by atoms with Crippen molar-refractivity contribution < 1.29 is 63.7 Å². The Morgan fingerprint density at radius 3 is 2.38 bits per heavy atom. The molecule has 0 radical (unpaired) electrons. The minimum Gasteiger partial charge on any atom is -0.504 e. The van der Waals surface area contributed by atoms with E-state index in [1.165, 1.54) is 12.3 Å². The summed E-state index contributed by atoms with van der Waals surface area (Å²) in [6.07, 6.45) is -0.180. The summed E-state index contributed by atoms with van der Waals surface area (Å²) < 4.78 is 16.8. The predicted octanol–water partition coefficient (Wildman–Crippen LogP) is 0.563. The number of benzene rings is 2. The maximum Gasteiger partial charge on any atom is 0.344 e. The summed E-state index contributed by atoms with van der Waals surface area (Å²) in [5, 5.41) is 77.9. The van der Waals surface area contributed by atoms with Crippen LogP contribution in [0, 0.1) is 0 Å². The van der Waals surface area contributed by atoms with Gasteiger partial charge in [-0.3, -0.25) is 19.7 Å². The van der Waals surface area contributed by atoms with Crippen molar-refractivity contribution in [3.63, 3.8) is 0 Å². The monoisotopic (exact) mass is 668 g/mol. The number of carbonyl (C=O) groups excluding carboxylic acids is 1. The van der Waals surface area contributed by atoms with Gasteiger partial charge in [-0.15, -0.1) is 5.10 Å². The first-order chi connectivity index (χ1) is 22.7. The van der Waals surface area contributed by atoms with Crippen molar-refractivity contribution in [2.45, 2.75) is 38.3 Å². The number of esters is 1. The molecule has 19 nitrogen and oxygen atoms in total. The van der Waals surface area contributed by atoms with Crippen LogP contribution in [0.1, 0.15) is 28.9 Å². The molecule has 1 unspecified atom stereocenters. The van der Waals surface area contributed by atoms with Gasteiger partial charge >= 0.3 is 23.5 Å². The molecule has 5 aromatic rings. The zero-order valence-corrected chi connectivity index (χ0v) is 24.2. The summed E-state index contributed by atoms with van der Waals surface area (Å²) in [7, 11) is 0. The molecule has 0 aliphatic rings. The highest BCUT2D eigenvalue weighted by molar-refractivity contribution is 6.07. The maximum atomic E-state index is 13.6. The Morgan fingerprint density at radius 1 is 0.958 bits per heavy atom. The van der Waals surface area contributed by atoms with Gasteiger partial charge < -0.3 is 49.3 Å². The van der Waals surface area contributed by atoms with Crippen LogP contribution in [0.5, 0.6) is 23.0 Å². The molecule has 19 heteroatoms. The number of aromatic nitrogens is 3. The van der Waals surface area contributed by atoms with E-state index in [-0.39, 0.29) is 40.8 Å². The number of aliphatic hydroxyl groups is 1. The quantitative estimate of drug-likeness (QED) is 0.0390. The Labute approximate surface area is 265 Å². The van der Waals surface area contributed by atoms with E-state index < -0.39 is 93.8 Å². The van der Waals surface area contributed by atoms with Crippen molar-refractivity contribution in [2.75, 3.05) is 0 Å². The van der Waals surface area contributed by atoms with Crippen LogP contribution in [0.15, 0.2) is 55.1 Å². The van der Waals surface area contributed by atoms with Crippen LogP contribution >= 0.6 is 0 Å². The molecular formula is C29H24N4O15. The smallest absolute Gasteiger partial charge is 0.344 e. The van der Waals surface area contributed by atoms with Crippen LogP contribution in [-0.4, -0.2) is 80.9 Å². The molecule has 0 spiro atoms. The number of nitrogens with one attached hydrogen (secondary N) is 1. The molecule has 0 aliphatic carbocycles. The average molecular weight is 669 g/mol. The summed E-state index contributed by atoms with van der Waals surface area (Å²) >= 11 is 0. The lowest BCUT2D eigenvalue weighted by Crippen LogP contribution is -2.45. The number of rotatable bonds is 12. The van der Waals surface area contributed by atoms with Gasteiger partial charge in [0.15, 0.2) is 23.0 Å². The molecule has 0 aliphatic heterocycles. The first kappa shape index (κ1) is 32.9. The number of ether oxygens (including phenoxy) is 1. The Morgan fingerprint density at radius 2 is 1.67 bits per heavy atom. The van der Waals surface area contributed by atoms with Gasteiger partial charge in [0.2, 0.25) is 5.43 Å². The SMILES string of the molecule is O=C(O)CC[C@H](NC(O)Cn1cc(COC(=O)c2c(O)c(O)cc3occ(-c4cc5cc(O)c(O)cc5oc4=O)c(=O)c23)nn1)C(=O)O. The van der Waals surface area contributed by atoms with E-state index in [0.29, 0.717) is 0 Å². The summed E-state index contributed by atoms with van der Waals surface area (Å²) in [4.78, 5) is 61.7. The molecule has 0 bridgehead atoms. The van der Waals surface area contributed by atoms with Gasteiger partial charge in [0.1, 0.15) is 47.6 Å². The number of fused-ring (bicyclic) bond motifs is 2. The van der Waals surface area contributed by atoms with Crippen molar-refractivity contribution >= 4 is 39.8 Å². The zero-order valence-electron chi connectivity index (χ0n) is 24.2. The van der Waals surface area contributed by atoms with Crippen LogP contribution in [-0.2, 0) is 27.5 Å². The van der Waals surface area contributed by atoms with Crippen LogP contribution in [0.3, 0.4) is 0 Å². The van der Waals surface area contributed by atoms with E-state index in [0.717, 1.165) is 29.1 Å². The van der Waals surface area contributed by atoms with Gasteiger partial charge in [0.05, 0.1) is 29.3 Å². The van der Waals surface area contributed by atoms with E-state index in [2.05, 4.69) is 15.6 Å². The molecule has 2 atom stereocenters. The molecule has 2 aromatic carbocycles. The highest BCUT2D eigenvalue weighted by atomic mass is 16.5. The van der Waals surface area contributed by atoms with Crippen molar-refractivity contribution in [1.82, 2.24) is 20.3 Å². The predicted molar refractivity (Wildman–Crippen MR) is 157 cm³/mol. The lowest BCUT2D eigenvalue weighted by Gasteiger charge is -2.18. The summed E-state index contributed by atoms with van der Waals surface area (Å²) in [6.45, 7) is -0.950. The Balaban J connectivity index is 1.39. The molecule has 3 aromatic heterocycles. The number of aromatic hydroxyl groups is 4. The highest BCUT2D eigenvalue weighted by Gasteiger charge is 2.27. The second-order valence-corrected chi connectivity index (χ2v) is 10.3. The lowest BCUT2D eigenvalue weighted by molar-refractivity contribution is -0.141. The number of aliphatic hydroxyl groups excluding tert-OH is 1. The largest absolute Gasteiger partial charge is 0.504 e. The van der Waals surface area contributed by atoms with E-state index in [9.17, 15) is 54.6 Å². The van der Waals surface area contributed by atoms with Crippen molar-refractivity contribution in [1.29, 1.82) is 0 Å². The summed E-state index contributed by atoms with van der Waals surface area (Å²) in [6, 6.07) is 2.73. The third-order valence-electron chi connectivity index (χ3n) is 6.98. The van der Waals surface area contributed by atoms with Crippen LogP contribution in [0.25, 0.3) is 33.1 Å². The number of phenols is 4. The van der Waals surface area contributed by atoms with Gasteiger partial charge in [-0.25, -0.2) is 14.3 Å². The fraction of sp³-hybridized carbons (Fsp3) is 0.207. The number of nitrogens with zero attached hydrogens (tertiary/aromatic N) is 3. The second kappa shape index (κ2) is 13.1. The van der Waals surface area contributed by atoms with Gasteiger partial charge in [-0.2, -0.15) is 0 Å². The van der Waals surface area contributed by atoms with Gasteiger partial charge in [-0.05, 0) is 18.6 Å². The number of hydrogen-bond acceptors (Lipinski definition) is 16. The van der Waals surface area contributed by atoms with Crippen LogP contribution < -0.4 is 16.4 Å². The number of aliphatic carboxylic acids is 2. The minimum absolute atomic E-state index is 0.00375. The number of phenolic OH excluding ortho intramolecular Hbond substituents is 4. The van der Waals surface area contributed by atoms with E-state index >= 15 is 0 Å². The van der Waals surface area contributed by atoms with Crippen LogP contribution in [0.2, 0.25) is 0 Å². The summed E-state index contributed by atoms with van der Waals surface area (Å²) in [5.41, 5.74) is -4.14. The molecule has 0 fully saturated rings. The second-order valence-electron chi connectivity index (χ2n) is 10.3. The fourth-order valence-electron chi connectivity index (χ4n) is 4.69. The Kier molecular flexibility index (Phi) is 8.98. The van der Waals surface area contributed by atoms with E-state index in [4.69, 9.17) is 18.7 Å². The van der Waals surface area contributed by atoms with Gasteiger partial charge in [0, 0.05) is 23.9 Å². The molecule has 0 amide bonds. The number of hydrogen-bond donors (Lipinski definition) is 8. The van der Waals surface area contributed by atoms with Crippen LogP contribution in [0.4, 0.5) is 0 Å². The molecule has 3 heterocycles. The number of carbonyl (C=O) groups is 3. The average Bonchev–Trinajstić information content (AvgIpc) is 3.46. The molecule has 250 valence electrons. The third kappa shape index (κ3) is 6.71. The summed E-state index contributed by atoms with van der Waals surface area (Å²) in [5.74, 6) is -6.92. The first-order valence-corrected chi connectivity index (χ1v) is 13.7. The first-order valence-electron chi connectivity index (χ1n) is 13.7. The Bertz CT molecular complexity index is 2200. The standard InChI is InChI=1S/C29H24N4O15/c34-16-4-11-3-13(28(44)48-19(11)5-17(16)35)14-10-46-20-6-18(36)26(41)24(23(20)25(14)40)29(45)47-9-12-7-33(32-31-12)8-21(37)30-15(27(42)43)1-2-22(38)39/h3-7,10,15,21,30,34-37,41H,1-2,8-9H2,(H,38,39)(H,42,43)/t15-,21?/m0/s1. The molecule has 48 heavy (non-hydrogen) atoms. The molecule has 0 saturated heterocycles. The molecule has 0 saturated carbocycles. The normalized spacial score (nSPS) is 12.6. The fourth-order valence-corrected chi connectivity index (χ4v) is 4.69. The zero-order chi connectivity index (χ0) is 34.9. The van der Waals surface area contributed by atoms with Crippen molar-refractivity contribution in [2.24, 2.45) is 0 Å². The minimum atomic E-state index is -1.50. The van der Waals surface area contributed by atoms with E-state index in [1.807, 2.05) is 0 Å². The molecule has 5 rings (SSSR count). The third-order valence-corrected chi connectivity index (χ3v) is 6.98.